The summed E-state index contributed by atoms with van der Waals surface area (Å²) in [6.45, 7) is 15.4. The molecule has 5 nitrogen and oxygen atoms in total. The monoisotopic (exact) mass is 640 g/mol. The second-order valence-electron chi connectivity index (χ2n) is 16.2. The van der Waals surface area contributed by atoms with E-state index in [-0.39, 0.29) is 53.0 Å². The third-order valence-corrected chi connectivity index (χ3v) is 12.2. The van der Waals surface area contributed by atoms with Crippen LogP contribution in [0.25, 0.3) is 0 Å². The van der Waals surface area contributed by atoms with Crippen LogP contribution in [0.3, 0.4) is 0 Å². The van der Waals surface area contributed by atoms with Crippen molar-refractivity contribution >= 4 is 17.7 Å². The Morgan fingerprint density at radius 3 is 1.53 bits per heavy atom. The van der Waals surface area contributed by atoms with Crippen molar-refractivity contribution in [2.75, 3.05) is 0 Å². The van der Waals surface area contributed by atoms with E-state index in [1.807, 2.05) is 25.1 Å². The number of benzene rings is 2. The van der Waals surface area contributed by atoms with Crippen molar-refractivity contribution < 1.29 is 23.9 Å². The zero-order chi connectivity index (χ0) is 33.9. The predicted molar refractivity (Wildman–Crippen MR) is 187 cm³/mol. The molecule has 0 amide bonds. The van der Waals surface area contributed by atoms with Crippen LogP contribution in [0.2, 0.25) is 0 Å². The zero-order valence-corrected chi connectivity index (χ0v) is 29.6. The Bertz CT molecular complexity index is 1320. The zero-order valence-electron chi connectivity index (χ0n) is 29.6. The Morgan fingerprint density at radius 2 is 1.11 bits per heavy atom. The minimum Gasteiger partial charge on any atom is -0.461 e. The average molecular weight is 641 g/mol. The topological polar surface area (TPSA) is 69.7 Å². The number of carbonyl (C=O) groups is 3. The largest absolute Gasteiger partial charge is 0.461 e. The number of allylic oxidation sites excluding steroid dienone is 2. The van der Waals surface area contributed by atoms with Crippen molar-refractivity contribution in [2.45, 2.75) is 116 Å². The lowest BCUT2D eigenvalue weighted by Gasteiger charge is -2.45. The summed E-state index contributed by atoms with van der Waals surface area (Å²) in [5, 5.41) is 0. The van der Waals surface area contributed by atoms with E-state index >= 15 is 0 Å². The van der Waals surface area contributed by atoms with Gasteiger partial charge in [0, 0.05) is 18.3 Å². The second kappa shape index (κ2) is 14.5. The molecule has 47 heavy (non-hydrogen) atoms. The van der Waals surface area contributed by atoms with Crippen LogP contribution < -0.4 is 0 Å². The first kappa shape index (κ1) is 35.1. The summed E-state index contributed by atoms with van der Waals surface area (Å²) in [6, 6.07) is 20.9. The highest BCUT2D eigenvalue weighted by Crippen LogP contribution is 2.46. The Hall–Kier alpha value is -3.21. The fraction of sp³-hybridized carbons (Fsp3) is 0.595. The first-order valence-electron chi connectivity index (χ1n) is 18.0. The molecule has 5 rings (SSSR count). The quantitative estimate of drug-likeness (QED) is 0.202. The van der Waals surface area contributed by atoms with Crippen LogP contribution in [0.4, 0.5) is 0 Å². The van der Waals surface area contributed by atoms with E-state index in [0.717, 1.165) is 38.5 Å². The van der Waals surface area contributed by atoms with Crippen LogP contribution in [0, 0.1) is 41.4 Å². The predicted octanol–water partition coefficient (Wildman–Crippen LogP) is 9.04. The molecule has 0 aromatic heterocycles. The summed E-state index contributed by atoms with van der Waals surface area (Å²) >= 11 is 0. The highest BCUT2D eigenvalue weighted by Gasteiger charge is 2.49. The lowest BCUT2D eigenvalue weighted by atomic mass is 9.64. The van der Waals surface area contributed by atoms with Gasteiger partial charge in [0.05, 0.1) is 0 Å². The molecule has 0 radical (unpaired) electrons. The Balaban J connectivity index is 1.43. The molecule has 0 heterocycles. The minimum atomic E-state index is -1.16. The molecule has 0 bridgehead atoms. The van der Waals surface area contributed by atoms with Gasteiger partial charge in [0.25, 0.3) is 0 Å². The van der Waals surface area contributed by atoms with Gasteiger partial charge >= 0.3 is 11.9 Å². The number of ketones is 1. The molecule has 0 spiro atoms. The van der Waals surface area contributed by atoms with E-state index in [1.165, 1.54) is 11.1 Å². The number of rotatable bonds is 9. The molecule has 5 heteroatoms. The minimum absolute atomic E-state index is 0.0672. The van der Waals surface area contributed by atoms with Gasteiger partial charge in [-0.25, -0.2) is 0 Å². The van der Waals surface area contributed by atoms with Crippen molar-refractivity contribution in [3.63, 3.8) is 0 Å². The van der Waals surface area contributed by atoms with Crippen LogP contribution in [-0.2, 0) is 34.7 Å². The van der Waals surface area contributed by atoms with E-state index in [0.29, 0.717) is 11.8 Å². The van der Waals surface area contributed by atoms with Crippen LogP contribution >= 0.6 is 0 Å². The maximum absolute atomic E-state index is 14.5. The normalized spacial score (nSPS) is 30.2. The number of ether oxygens (including phenoxy) is 2. The van der Waals surface area contributed by atoms with Crippen molar-refractivity contribution in [3.05, 3.63) is 83.9 Å². The van der Waals surface area contributed by atoms with Gasteiger partial charge in [-0.3, -0.25) is 14.4 Å². The van der Waals surface area contributed by atoms with Gasteiger partial charge in [0.1, 0.15) is 12.2 Å². The summed E-state index contributed by atoms with van der Waals surface area (Å²) in [5.41, 5.74) is 1.97. The molecular weight excluding hydrogens is 584 g/mol. The maximum atomic E-state index is 14.5. The van der Waals surface area contributed by atoms with Gasteiger partial charge in [-0.2, -0.15) is 0 Å². The molecular formula is C42H56O5. The molecule has 8 atom stereocenters. The molecule has 0 unspecified atom stereocenters. The van der Waals surface area contributed by atoms with Gasteiger partial charge in [-0.05, 0) is 77.4 Å². The van der Waals surface area contributed by atoms with Crippen molar-refractivity contribution in [1.82, 2.24) is 0 Å². The lowest BCUT2D eigenvalue weighted by molar-refractivity contribution is -0.179. The molecule has 0 saturated heterocycles. The molecule has 3 aliphatic rings. The average Bonchev–Trinajstić information content (AvgIpc) is 3.03. The first-order valence-corrected chi connectivity index (χ1v) is 18.0. The number of esters is 2. The molecule has 2 saturated carbocycles. The summed E-state index contributed by atoms with van der Waals surface area (Å²) in [7, 11) is 0. The summed E-state index contributed by atoms with van der Waals surface area (Å²) in [6.07, 6.45) is 8.39. The van der Waals surface area contributed by atoms with Gasteiger partial charge in [-0.15, -0.1) is 0 Å². The van der Waals surface area contributed by atoms with E-state index in [9.17, 15) is 14.4 Å². The Labute approximate surface area is 282 Å². The Kier molecular flexibility index (Phi) is 10.8. The Morgan fingerprint density at radius 1 is 0.681 bits per heavy atom. The van der Waals surface area contributed by atoms with Gasteiger partial charge in [0.2, 0.25) is 0 Å². The fourth-order valence-electron chi connectivity index (χ4n) is 8.93. The molecule has 2 aromatic carbocycles. The van der Waals surface area contributed by atoms with Crippen molar-refractivity contribution in [1.29, 1.82) is 0 Å². The van der Waals surface area contributed by atoms with Gasteiger partial charge in [0.15, 0.2) is 11.7 Å². The molecule has 0 N–H and O–H groups in total. The van der Waals surface area contributed by atoms with Crippen LogP contribution in [-0.4, -0.2) is 29.9 Å². The number of carbonyl (C=O) groups excluding carboxylic acids is 3. The van der Waals surface area contributed by atoms with E-state index in [4.69, 9.17) is 9.47 Å². The highest BCUT2D eigenvalue weighted by molar-refractivity contribution is 5.98. The van der Waals surface area contributed by atoms with Crippen LogP contribution in [0.15, 0.2) is 72.8 Å². The fourth-order valence-corrected chi connectivity index (χ4v) is 8.93. The number of hydrogen-bond donors (Lipinski definition) is 0. The van der Waals surface area contributed by atoms with Crippen molar-refractivity contribution in [3.8, 4) is 0 Å². The van der Waals surface area contributed by atoms with E-state index in [1.54, 1.807) is 6.08 Å². The van der Waals surface area contributed by atoms with Crippen LogP contribution in [0.5, 0.6) is 0 Å². The SMILES string of the molecule is C[C@@H]1CC[C@@H](C(C)(C)c2ccccc2)[C@H](OC(=O)C(C(=O)O[C@@H]2C[C@H](C)CC[C@H]2C(C)(C)c2ccccc2)[C@H]2CC(=O)C=C[C@H]2C)C1. The molecule has 254 valence electrons. The van der Waals surface area contributed by atoms with Crippen molar-refractivity contribution in [2.24, 2.45) is 41.4 Å². The molecule has 0 aliphatic heterocycles. The lowest BCUT2D eigenvalue weighted by Crippen LogP contribution is -2.48. The second-order valence-corrected chi connectivity index (χ2v) is 16.2. The third kappa shape index (κ3) is 7.76. The highest BCUT2D eigenvalue weighted by atomic mass is 16.6. The molecule has 3 aliphatic carbocycles. The molecule has 2 fully saturated rings. The first-order chi connectivity index (χ1) is 22.3. The smallest absolute Gasteiger partial charge is 0.320 e. The van der Waals surface area contributed by atoms with Gasteiger partial charge < -0.3 is 9.47 Å². The maximum Gasteiger partial charge on any atom is 0.320 e. The standard InChI is InChI=1S/C42H56O5/c1-27-18-22-34(41(4,5)30-14-10-8-11-15-30)36(24-27)46-39(44)38(33-26-32(43)21-20-29(33)3)40(45)47-37-25-28(2)19-23-35(37)42(6,7)31-16-12-9-13-17-31/h8-17,20-21,27-29,33-38H,18-19,22-26H2,1-7H3/t27-,28-,29-,33+,34-,35-,36-,37-/m1/s1. The number of hydrogen-bond acceptors (Lipinski definition) is 5. The summed E-state index contributed by atoms with van der Waals surface area (Å²) in [5.74, 6) is -1.93. The van der Waals surface area contributed by atoms with Crippen LogP contribution in [0.1, 0.15) is 105 Å². The summed E-state index contributed by atoms with van der Waals surface area (Å²) in [4.78, 5) is 41.7. The van der Waals surface area contributed by atoms with E-state index < -0.39 is 23.8 Å². The third-order valence-electron chi connectivity index (χ3n) is 12.2. The van der Waals surface area contributed by atoms with E-state index in [2.05, 4.69) is 90.1 Å². The summed E-state index contributed by atoms with van der Waals surface area (Å²) < 4.78 is 13.0. The molecule has 2 aromatic rings. The van der Waals surface area contributed by atoms with Gasteiger partial charge in [-0.1, -0.05) is 128 Å².